The minimum atomic E-state index is 0.666. The van der Waals surface area contributed by atoms with Gasteiger partial charge >= 0.3 is 0 Å². The van der Waals surface area contributed by atoms with E-state index in [2.05, 4.69) is 41.5 Å². The Kier molecular flexibility index (Phi) is 6.13. The highest BCUT2D eigenvalue weighted by molar-refractivity contribution is 5.88. The highest BCUT2D eigenvalue weighted by atomic mass is 15.3. The predicted octanol–water partition coefficient (Wildman–Crippen LogP) is 4.54. The van der Waals surface area contributed by atoms with Crippen molar-refractivity contribution in [3.63, 3.8) is 0 Å². The van der Waals surface area contributed by atoms with Gasteiger partial charge in [-0.1, -0.05) is 49.7 Å². The molecule has 0 saturated heterocycles. The highest BCUT2D eigenvalue weighted by Crippen LogP contribution is 2.24. The molecule has 152 valence electrons. The van der Waals surface area contributed by atoms with Crippen molar-refractivity contribution in [3.8, 4) is 0 Å². The zero-order valence-electron chi connectivity index (χ0n) is 17.4. The van der Waals surface area contributed by atoms with Crippen LogP contribution in [0.25, 0.3) is 23.2 Å². The average Bonchev–Trinajstić information content (AvgIpc) is 3.09. The minimum absolute atomic E-state index is 0.666. The molecular weight excluding hydrogens is 372 g/mol. The number of nitrogens with zero attached hydrogens (tertiary/aromatic N) is 5. The Labute approximate surface area is 176 Å². The third kappa shape index (κ3) is 4.54. The molecule has 6 nitrogen and oxygen atoms in total. The Morgan fingerprint density at radius 1 is 1.00 bits per heavy atom. The fourth-order valence-corrected chi connectivity index (χ4v) is 3.48. The lowest BCUT2D eigenvalue weighted by Gasteiger charge is -2.09. The van der Waals surface area contributed by atoms with Gasteiger partial charge < -0.3 is 5.32 Å². The second-order valence-electron chi connectivity index (χ2n) is 7.23. The molecule has 3 aromatic heterocycles. The molecule has 0 aliphatic heterocycles. The summed E-state index contributed by atoms with van der Waals surface area (Å²) in [7, 11) is 1.96. The smallest absolute Gasteiger partial charge is 0.156 e. The summed E-state index contributed by atoms with van der Waals surface area (Å²) >= 11 is 0. The van der Waals surface area contributed by atoms with Crippen LogP contribution in [0.15, 0.2) is 54.9 Å². The van der Waals surface area contributed by atoms with Crippen molar-refractivity contribution in [2.24, 2.45) is 7.05 Å². The molecule has 0 aliphatic carbocycles. The fourth-order valence-electron chi connectivity index (χ4n) is 3.48. The predicted molar refractivity (Wildman–Crippen MR) is 122 cm³/mol. The van der Waals surface area contributed by atoms with Crippen molar-refractivity contribution in [2.45, 2.75) is 26.2 Å². The number of hydrogen-bond donors (Lipinski definition) is 1. The molecule has 4 rings (SSSR count). The van der Waals surface area contributed by atoms with Crippen molar-refractivity contribution >= 4 is 29.0 Å². The molecule has 0 radical (unpaired) electrons. The van der Waals surface area contributed by atoms with Gasteiger partial charge in [0.15, 0.2) is 11.6 Å². The number of hydrogen-bond acceptors (Lipinski definition) is 5. The Balaban J connectivity index is 1.66. The van der Waals surface area contributed by atoms with E-state index < -0.39 is 0 Å². The van der Waals surface area contributed by atoms with Crippen LogP contribution in [0.4, 0.5) is 5.82 Å². The Morgan fingerprint density at radius 3 is 2.63 bits per heavy atom. The molecule has 30 heavy (non-hydrogen) atoms. The van der Waals surface area contributed by atoms with Crippen LogP contribution < -0.4 is 5.32 Å². The third-order valence-electron chi connectivity index (χ3n) is 4.91. The van der Waals surface area contributed by atoms with E-state index in [9.17, 15) is 0 Å². The number of benzene rings is 1. The maximum Gasteiger partial charge on any atom is 0.156 e. The van der Waals surface area contributed by atoms with Gasteiger partial charge in [0.25, 0.3) is 0 Å². The van der Waals surface area contributed by atoms with Crippen molar-refractivity contribution in [2.75, 3.05) is 11.9 Å². The molecule has 6 heteroatoms. The maximum atomic E-state index is 4.81. The van der Waals surface area contributed by atoms with Crippen LogP contribution in [0.3, 0.4) is 0 Å². The first-order valence-corrected chi connectivity index (χ1v) is 10.3. The van der Waals surface area contributed by atoms with Gasteiger partial charge in [0.1, 0.15) is 11.0 Å². The van der Waals surface area contributed by atoms with Crippen LogP contribution in [0.5, 0.6) is 0 Å². The van der Waals surface area contributed by atoms with Crippen LogP contribution in [0, 0.1) is 0 Å². The molecule has 0 aliphatic rings. The topological polar surface area (TPSA) is 68.5 Å². The first kappa shape index (κ1) is 19.8. The van der Waals surface area contributed by atoms with Gasteiger partial charge in [-0.3, -0.25) is 9.67 Å². The second kappa shape index (κ2) is 9.31. The van der Waals surface area contributed by atoms with Gasteiger partial charge in [0, 0.05) is 26.0 Å². The van der Waals surface area contributed by atoms with E-state index in [-0.39, 0.29) is 0 Å². The lowest BCUT2D eigenvalue weighted by atomic mass is 10.1. The summed E-state index contributed by atoms with van der Waals surface area (Å²) in [4.78, 5) is 13.8. The summed E-state index contributed by atoms with van der Waals surface area (Å²) in [5.41, 5.74) is 5.19. The third-order valence-corrected chi connectivity index (χ3v) is 4.91. The van der Waals surface area contributed by atoms with E-state index in [1.165, 1.54) is 5.56 Å². The van der Waals surface area contributed by atoms with E-state index in [1.54, 1.807) is 6.20 Å². The van der Waals surface area contributed by atoms with Crippen molar-refractivity contribution in [1.82, 2.24) is 24.7 Å². The minimum Gasteiger partial charge on any atom is -0.368 e. The number of anilines is 1. The van der Waals surface area contributed by atoms with Crippen LogP contribution in [-0.4, -0.2) is 31.3 Å². The molecule has 4 aromatic rings. The molecule has 0 spiro atoms. The van der Waals surface area contributed by atoms with E-state index in [4.69, 9.17) is 15.1 Å². The molecule has 0 amide bonds. The highest BCUT2D eigenvalue weighted by Gasteiger charge is 2.16. The first-order chi connectivity index (χ1) is 14.7. The van der Waals surface area contributed by atoms with Gasteiger partial charge in [-0.2, -0.15) is 5.10 Å². The molecule has 0 bridgehead atoms. The fraction of sp³-hybridized carbons (Fsp3) is 0.250. The van der Waals surface area contributed by atoms with Gasteiger partial charge in [0.05, 0.1) is 5.69 Å². The zero-order chi connectivity index (χ0) is 20.8. The number of fused-ring (bicyclic) bond motifs is 1. The summed E-state index contributed by atoms with van der Waals surface area (Å²) in [5.74, 6) is 1.48. The molecule has 3 heterocycles. The summed E-state index contributed by atoms with van der Waals surface area (Å²) in [6.07, 6.45) is 10.3. The van der Waals surface area contributed by atoms with Crippen LogP contribution in [0.2, 0.25) is 0 Å². The normalized spacial score (nSPS) is 11.4. The monoisotopic (exact) mass is 398 g/mol. The molecule has 0 fully saturated rings. The van der Waals surface area contributed by atoms with E-state index >= 15 is 0 Å². The average molecular weight is 399 g/mol. The Bertz CT molecular complexity index is 1130. The van der Waals surface area contributed by atoms with Crippen molar-refractivity contribution in [3.05, 3.63) is 77.5 Å². The lowest BCUT2D eigenvalue weighted by molar-refractivity contribution is 0.752. The molecule has 1 aromatic carbocycles. The SMILES string of the molecule is CCCc1nn(C)c2c(NCCc3ccccc3)nc(C=Cc3cccnc3)nc12. The van der Waals surface area contributed by atoms with Gasteiger partial charge in [-0.05, 0) is 42.2 Å². The summed E-state index contributed by atoms with van der Waals surface area (Å²) in [5, 5.41) is 8.22. The molecule has 0 atom stereocenters. The maximum absolute atomic E-state index is 4.81. The van der Waals surface area contributed by atoms with E-state index in [0.717, 1.165) is 53.9 Å². The zero-order valence-corrected chi connectivity index (χ0v) is 17.4. The lowest BCUT2D eigenvalue weighted by Crippen LogP contribution is -2.09. The molecule has 1 N–H and O–H groups in total. The van der Waals surface area contributed by atoms with Gasteiger partial charge in [0.2, 0.25) is 0 Å². The summed E-state index contributed by atoms with van der Waals surface area (Å²) < 4.78 is 1.89. The largest absolute Gasteiger partial charge is 0.368 e. The number of aryl methyl sites for hydroxylation is 2. The number of aromatic nitrogens is 5. The number of nitrogens with one attached hydrogen (secondary N) is 1. The summed E-state index contributed by atoms with van der Waals surface area (Å²) in [6, 6.07) is 14.4. The Morgan fingerprint density at radius 2 is 1.87 bits per heavy atom. The quantitative estimate of drug-likeness (QED) is 0.472. The second-order valence-corrected chi connectivity index (χ2v) is 7.23. The van der Waals surface area contributed by atoms with E-state index in [1.807, 2.05) is 48.3 Å². The van der Waals surface area contributed by atoms with Gasteiger partial charge in [-0.25, -0.2) is 9.97 Å². The Hall–Kier alpha value is -3.54. The van der Waals surface area contributed by atoms with Crippen LogP contribution in [0.1, 0.15) is 36.0 Å². The first-order valence-electron chi connectivity index (χ1n) is 10.3. The number of rotatable bonds is 8. The number of pyridine rings is 1. The molecule has 0 unspecified atom stereocenters. The molecular formula is C24H26N6. The van der Waals surface area contributed by atoms with Crippen molar-refractivity contribution in [1.29, 1.82) is 0 Å². The van der Waals surface area contributed by atoms with Crippen molar-refractivity contribution < 1.29 is 0 Å². The van der Waals surface area contributed by atoms with Gasteiger partial charge in [-0.15, -0.1) is 0 Å². The standard InChI is InChI=1S/C24H26N6/c1-3-8-20-22-23(30(2)29-20)24(26-16-14-18-9-5-4-6-10-18)28-21(27-22)13-12-19-11-7-15-25-17-19/h4-7,9-13,15,17H,3,8,14,16H2,1-2H3,(H,26,27,28). The van der Waals surface area contributed by atoms with Crippen LogP contribution >= 0.6 is 0 Å². The van der Waals surface area contributed by atoms with E-state index in [0.29, 0.717) is 5.82 Å². The molecule has 0 saturated carbocycles. The summed E-state index contributed by atoms with van der Waals surface area (Å²) in [6.45, 7) is 2.94. The van der Waals surface area contributed by atoms with Crippen LogP contribution in [-0.2, 0) is 19.9 Å².